The monoisotopic (exact) mass is 1480 g/mol. The first kappa shape index (κ1) is 78.8. The predicted octanol–water partition coefficient (Wildman–Crippen LogP) is 8.23. The molecule has 27 heteroatoms. The smallest absolute Gasteiger partial charge is 0.455 e. The van der Waals surface area contributed by atoms with Crippen molar-refractivity contribution in [1.82, 2.24) is 0 Å². The Hall–Kier alpha value is -8.73. The molecule has 4 aromatic carbocycles. The number of hydrogen-bond donors (Lipinski definition) is 5. The zero-order valence-corrected chi connectivity index (χ0v) is 61.1. The molecule has 105 heavy (non-hydrogen) atoms. The van der Waals surface area contributed by atoms with Crippen molar-refractivity contribution < 1.29 is 126 Å². The van der Waals surface area contributed by atoms with Crippen LogP contribution in [0.3, 0.4) is 0 Å². The number of hydrogen-bond acceptors (Lipinski definition) is 26. The Balaban J connectivity index is 0.000000199. The van der Waals surface area contributed by atoms with E-state index in [0.29, 0.717) is 11.1 Å². The van der Waals surface area contributed by atoms with Gasteiger partial charge in [-0.2, -0.15) is 0 Å². The largest absolute Gasteiger partial charge is 0.508 e. The van der Waals surface area contributed by atoms with Gasteiger partial charge < -0.3 is 77.6 Å². The molecular weight excluding hydrogens is 1390 g/mol. The lowest BCUT2D eigenvalue weighted by molar-refractivity contribution is -0.346. The number of esters is 6. The molecule has 26 nitrogen and oxygen atoms in total. The fourth-order valence-electron chi connectivity index (χ4n) is 17.5. The van der Waals surface area contributed by atoms with Crippen LogP contribution in [0, 0.1) is 33.5 Å². The van der Waals surface area contributed by atoms with Gasteiger partial charge in [0, 0.05) is 75.8 Å². The maximum absolute atomic E-state index is 15.5. The standard InChI is InChI=1S/C39H44O13.C31H38O11.C8H7ClO2/c1-21-26(42)18-39(46)33(51-34(44)25-15-11-8-12-16-25)31-37(6,32(43)30(49-22(2)40)29(21)36(39,4)5)27(17-28-38(31,20-48-28)52-23(3)41)50-35(45)47-19-24-13-9-7-10-14-24;1-15-19(34)13-31(38)26(41-27(37)18-10-8-7-9-11-18)24-29(6,20(35)12-21-30(24,14-39-21)42-17(3)33)25(36)23(40-16(2)32)22(15)28(31,4)5;9-8(10)11-6-7-4-2-1-3-5-7/h7-16,26-28,30-31,33,42,46H,17-20H2,1-6H3;7-11,19-21,23-24,26,34-35,38H,12-14H2,1-6H3;1-5H,6H2/t26-,27-,28+,30+,31?,33-,37+,38-,39+;19-,20-,21+,23+,24?,26-,29+,30-,31+;/m00./s1. The second-order valence-corrected chi connectivity index (χ2v) is 30.0. The Bertz CT molecular complexity index is 4090. The summed E-state index contributed by atoms with van der Waals surface area (Å²) in [6, 6.07) is 34.2. The third kappa shape index (κ3) is 14.0. The van der Waals surface area contributed by atoms with Crippen molar-refractivity contribution in [2.75, 3.05) is 13.2 Å². The summed E-state index contributed by atoms with van der Waals surface area (Å²) < 4.78 is 63.6. The first-order valence-electron chi connectivity index (χ1n) is 34.5. The van der Waals surface area contributed by atoms with E-state index in [1.165, 1.54) is 52.0 Å². The molecule has 5 N–H and O–H groups in total. The number of ether oxygens (including phenoxy) is 11. The number of aliphatic hydroxyl groups excluding tert-OH is 3. The van der Waals surface area contributed by atoms with Gasteiger partial charge in [0.2, 0.25) is 0 Å². The molecule has 4 aromatic rings. The Morgan fingerprint density at radius 3 is 1.21 bits per heavy atom. The number of benzene rings is 4. The van der Waals surface area contributed by atoms with Crippen molar-refractivity contribution in [3.63, 3.8) is 0 Å². The zero-order chi connectivity index (χ0) is 76.9. The molecule has 6 fully saturated rings. The molecule has 0 radical (unpaired) electrons. The number of halogens is 1. The van der Waals surface area contributed by atoms with Gasteiger partial charge in [-0.05, 0) is 85.4 Å². The zero-order valence-electron chi connectivity index (χ0n) is 60.3. The third-order valence-corrected chi connectivity index (χ3v) is 23.1. The molecule has 4 bridgehead atoms. The van der Waals surface area contributed by atoms with Crippen molar-refractivity contribution in [2.24, 2.45) is 33.5 Å². The van der Waals surface area contributed by atoms with Gasteiger partial charge in [0.1, 0.15) is 54.9 Å². The van der Waals surface area contributed by atoms with Crippen molar-refractivity contribution in [3.8, 4) is 0 Å². The summed E-state index contributed by atoms with van der Waals surface area (Å²) >= 11 is 4.97. The molecule has 2 saturated heterocycles. The topological polar surface area (TPSA) is 373 Å². The van der Waals surface area contributed by atoms with E-state index in [9.17, 15) is 68.7 Å². The first-order chi connectivity index (χ1) is 49.3. The number of Topliss-reactive ketones (excluding diaryl/α,β-unsaturated/α-hetero) is 2. The third-order valence-electron chi connectivity index (χ3n) is 23.0. The van der Waals surface area contributed by atoms with E-state index < -0.39 is 176 Å². The van der Waals surface area contributed by atoms with Crippen LogP contribution < -0.4 is 0 Å². The molecule has 18 atom stereocenters. The second-order valence-electron chi connectivity index (χ2n) is 29.7. The molecular formula is C78H89ClO26. The molecule has 12 rings (SSSR count). The average molecular weight is 1480 g/mol. The molecule has 2 heterocycles. The van der Waals surface area contributed by atoms with E-state index in [0.717, 1.165) is 19.4 Å². The van der Waals surface area contributed by atoms with Gasteiger partial charge in [0.15, 0.2) is 35.0 Å². The summed E-state index contributed by atoms with van der Waals surface area (Å²) in [4.78, 5) is 132. The van der Waals surface area contributed by atoms with Crippen LogP contribution in [0.25, 0.3) is 0 Å². The molecule has 564 valence electrons. The number of ketones is 2. The molecule has 8 aliphatic rings. The van der Waals surface area contributed by atoms with Crippen molar-refractivity contribution in [1.29, 1.82) is 0 Å². The summed E-state index contributed by atoms with van der Waals surface area (Å²) in [6.07, 6.45) is -16.2. The van der Waals surface area contributed by atoms with Crippen molar-refractivity contribution >= 4 is 70.6 Å². The Labute approximate surface area is 611 Å². The summed E-state index contributed by atoms with van der Waals surface area (Å²) in [6.45, 7) is 16.8. The van der Waals surface area contributed by atoms with E-state index >= 15 is 4.79 Å². The van der Waals surface area contributed by atoms with Crippen molar-refractivity contribution in [2.45, 2.75) is 205 Å². The fraction of sp³-hybridized carbons (Fsp3) is 0.513. The lowest BCUT2D eigenvalue weighted by Crippen LogP contribution is -2.82. The maximum Gasteiger partial charge on any atom is 0.508 e. The Morgan fingerprint density at radius 1 is 0.486 bits per heavy atom. The number of carbonyl (C=O) groups excluding carboxylic acids is 10. The lowest BCUT2D eigenvalue weighted by Gasteiger charge is -2.67. The van der Waals surface area contributed by atoms with Crippen molar-refractivity contribution in [3.05, 3.63) is 166 Å². The van der Waals surface area contributed by atoms with Crippen LogP contribution in [0.5, 0.6) is 0 Å². The van der Waals surface area contributed by atoms with Gasteiger partial charge in [-0.25, -0.2) is 19.2 Å². The Kier molecular flexibility index (Phi) is 22.5. The SMILES string of the molecule is CC(=O)O[C@H]1C(=O)[C@@]2(C)C([C@H](OC(=O)c3ccccc3)[C@]3(O)C[C@H](O)C(C)=C1C3(C)C)[C@]1(OC(C)=O)CO[C@@H]1C[C@@H]2O.CC(=O)O[C@H]1C(=O)[C@@]2(C)C([C@H](OC(=O)c3ccccc3)[C@]3(O)C[C@H](O)C(C)=C1C3(C)C)[C@]1(OC(C)=O)CO[C@@H]1C[C@@H]2OC(=O)OCc1ccccc1.O=C(Cl)OCc1ccccc1. The predicted molar refractivity (Wildman–Crippen MR) is 367 cm³/mol. The van der Waals surface area contributed by atoms with Gasteiger partial charge >= 0.3 is 47.4 Å². The molecule has 2 aliphatic heterocycles. The summed E-state index contributed by atoms with van der Waals surface area (Å²) in [7, 11) is 0. The van der Waals surface area contributed by atoms with E-state index in [1.54, 1.807) is 108 Å². The summed E-state index contributed by atoms with van der Waals surface area (Å²) in [5.41, 5.74) is -12.5. The summed E-state index contributed by atoms with van der Waals surface area (Å²) in [5, 5.41) is 60.5. The average Bonchev–Trinajstić information content (AvgIpc) is 0.673. The normalized spacial score (nSPS) is 34.2. The second kappa shape index (κ2) is 29.9. The molecule has 2 unspecified atom stereocenters. The van der Waals surface area contributed by atoms with E-state index in [2.05, 4.69) is 4.74 Å². The number of carbonyl (C=O) groups is 10. The Morgan fingerprint density at radius 2 is 0.848 bits per heavy atom. The highest BCUT2D eigenvalue weighted by atomic mass is 35.5. The van der Waals surface area contributed by atoms with E-state index in [-0.39, 0.29) is 80.0 Å². The van der Waals surface area contributed by atoms with Gasteiger partial charge in [-0.1, -0.05) is 125 Å². The molecule has 0 spiro atoms. The quantitative estimate of drug-likeness (QED) is 0.0364. The van der Waals surface area contributed by atoms with Crippen LogP contribution in [-0.4, -0.2) is 181 Å². The maximum atomic E-state index is 15.5. The highest BCUT2D eigenvalue weighted by molar-refractivity contribution is 6.61. The fourth-order valence-corrected chi connectivity index (χ4v) is 17.6. The van der Waals surface area contributed by atoms with Gasteiger partial charge in [0.25, 0.3) is 0 Å². The molecule has 4 saturated carbocycles. The van der Waals surface area contributed by atoms with E-state index in [4.69, 9.17) is 59.0 Å². The van der Waals surface area contributed by atoms with Crippen LogP contribution in [0.15, 0.2) is 144 Å². The highest BCUT2D eigenvalue weighted by Gasteiger charge is 2.81. The number of fused-ring (bicyclic) bond motifs is 10. The van der Waals surface area contributed by atoms with E-state index in [1.807, 2.05) is 30.3 Å². The van der Waals surface area contributed by atoms with Crippen LogP contribution in [-0.2, 0) is 94.1 Å². The van der Waals surface area contributed by atoms with Gasteiger partial charge in [-0.3, -0.25) is 28.8 Å². The molecule has 0 aromatic heterocycles. The minimum Gasteiger partial charge on any atom is -0.455 e. The van der Waals surface area contributed by atoms with Crippen LogP contribution in [0.1, 0.15) is 141 Å². The highest BCUT2D eigenvalue weighted by Crippen LogP contribution is 2.67. The minimum absolute atomic E-state index is 0.105. The number of rotatable bonds is 13. The summed E-state index contributed by atoms with van der Waals surface area (Å²) in [5.74, 6) is -9.14. The molecule has 0 amide bonds. The first-order valence-corrected chi connectivity index (χ1v) is 34.9. The minimum atomic E-state index is -2.21. The lowest BCUT2D eigenvalue weighted by atomic mass is 9.44. The molecule has 6 aliphatic carbocycles. The van der Waals surface area contributed by atoms with Crippen LogP contribution >= 0.6 is 11.6 Å². The van der Waals surface area contributed by atoms with Crippen LogP contribution in [0.2, 0.25) is 0 Å². The number of aliphatic hydroxyl groups is 5. The van der Waals surface area contributed by atoms with Gasteiger partial charge in [0.05, 0.1) is 65.3 Å². The van der Waals surface area contributed by atoms with Crippen LogP contribution in [0.4, 0.5) is 9.59 Å². The van der Waals surface area contributed by atoms with Gasteiger partial charge in [-0.15, -0.1) is 0 Å².